The lowest BCUT2D eigenvalue weighted by atomic mass is 10.0. The van der Waals surface area contributed by atoms with E-state index in [-0.39, 0.29) is 56.9 Å². The Bertz CT molecular complexity index is 1160. The average Bonchev–Trinajstić information content (AvgIpc) is 3.25. The van der Waals surface area contributed by atoms with Gasteiger partial charge in [-0.3, -0.25) is 29.0 Å². The molecule has 0 fully saturated rings. The molecule has 0 aliphatic rings. The van der Waals surface area contributed by atoms with Crippen molar-refractivity contribution < 1.29 is 24.0 Å². The van der Waals surface area contributed by atoms with Crippen LogP contribution in [0.4, 0.5) is 0 Å². The van der Waals surface area contributed by atoms with Crippen LogP contribution in [-0.4, -0.2) is 79.2 Å². The van der Waals surface area contributed by atoms with Crippen LogP contribution >= 0.6 is 0 Å². The summed E-state index contributed by atoms with van der Waals surface area (Å²) in [6.45, 7) is 5.70. The van der Waals surface area contributed by atoms with E-state index in [1.165, 1.54) is 159 Å². The highest BCUT2D eigenvalue weighted by molar-refractivity contribution is 5.98. The zero-order valence-corrected chi connectivity index (χ0v) is 40.5. The van der Waals surface area contributed by atoms with Gasteiger partial charge in [0.2, 0.25) is 29.5 Å². The number of guanidine groups is 1. The third-order valence-electron chi connectivity index (χ3n) is 11.7. The van der Waals surface area contributed by atoms with Crippen LogP contribution in [0.25, 0.3) is 0 Å². The predicted molar refractivity (Wildman–Crippen MR) is 262 cm³/mol. The van der Waals surface area contributed by atoms with Gasteiger partial charge in [-0.2, -0.15) is 0 Å². The Morgan fingerprint density at radius 3 is 1.17 bits per heavy atom. The van der Waals surface area contributed by atoms with Crippen molar-refractivity contribution in [1.82, 2.24) is 20.9 Å². The Morgan fingerprint density at radius 1 is 0.492 bits per heavy atom. The number of nitrogens with one attached hydrogen (secondary N) is 3. The summed E-state index contributed by atoms with van der Waals surface area (Å²) >= 11 is 0. The largest absolute Gasteiger partial charge is 0.370 e. The number of aliphatic imine (C=N–C) groups is 1. The van der Waals surface area contributed by atoms with Gasteiger partial charge in [-0.15, -0.1) is 0 Å². The van der Waals surface area contributed by atoms with Crippen LogP contribution in [0.2, 0.25) is 0 Å². The van der Waals surface area contributed by atoms with Gasteiger partial charge in [0.15, 0.2) is 5.96 Å². The number of carbonyl (C=O) groups is 5. The van der Waals surface area contributed by atoms with Gasteiger partial charge in [0, 0.05) is 57.7 Å². The number of hydrogen-bond acceptors (Lipinski definition) is 6. The second kappa shape index (κ2) is 44.9. The Hall–Kier alpha value is -3.64. The molecule has 0 radical (unpaired) electrons. The van der Waals surface area contributed by atoms with Gasteiger partial charge >= 0.3 is 0 Å². The molecule has 0 aromatic heterocycles. The minimum Gasteiger partial charge on any atom is -0.370 e. The van der Waals surface area contributed by atoms with E-state index in [9.17, 15) is 24.0 Å². The lowest BCUT2D eigenvalue weighted by Gasteiger charge is -2.22. The van der Waals surface area contributed by atoms with Gasteiger partial charge in [-0.1, -0.05) is 194 Å². The summed E-state index contributed by atoms with van der Waals surface area (Å²) in [6.07, 6.45) is 41.7. The lowest BCUT2D eigenvalue weighted by Crippen LogP contribution is -2.44. The number of primary amides is 1. The standard InChI is InChI=1S/C50H96N8O5/c1-3-5-7-9-11-13-15-17-19-21-23-25-27-29-31-35-45(59)54-40-42-58(48(62)38-37-47(61)57-44(49(51)63)34-33-39-56-50(52)53)43-41-55-46(60)36-32-30-28-26-24-22-20-18-16-14-12-10-8-6-4-2/h37-38,44H,3-36,39-43H2,1-2H3,(H2,51,63)(H,54,59)(H,55,60)(H,57,61)(H4,52,53,56)/b38-37-/t44-/m0/s1. The molecule has 0 saturated heterocycles. The van der Waals surface area contributed by atoms with Crippen molar-refractivity contribution in [2.75, 3.05) is 32.7 Å². The number of nitrogens with two attached hydrogens (primary N) is 3. The topological polar surface area (TPSA) is 215 Å². The third kappa shape index (κ3) is 42.1. The Balaban J connectivity index is 4.63. The Kier molecular flexibility index (Phi) is 42.4. The number of carbonyl (C=O) groups excluding carboxylic acids is 5. The Morgan fingerprint density at radius 2 is 0.841 bits per heavy atom. The van der Waals surface area contributed by atoms with Crippen LogP contribution in [0.3, 0.4) is 0 Å². The summed E-state index contributed by atoms with van der Waals surface area (Å²) < 4.78 is 0. The molecule has 0 heterocycles. The first-order valence-electron chi connectivity index (χ1n) is 25.8. The number of nitrogens with zero attached hydrogens (tertiary/aromatic N) is 2. The molecule has 63 heavy (non-hydrogen) atoms. The van der Waals surface area contributed by atoms with Crippen molar-refractivity contribution in [3.05, 3.63) is 12.2 Å². The SMILES string of the molecule is CCCCCCCCCCCCCCCCCC(=O)NCCN(CCNC(=O)CCCCCCCCCCCCCCCCC)C(=O)/C=C\C(=O)N[C@@H](CCCN=C(N)N)C(N)=O. The van der Waals surface area contributed by atoms with Gasteiger partial charge in [0.05, 0.1) is 0 Å². The number of unbranched alkanes of at least 4 members (excludes halogenated alkanes) is 28. The average molecular weight is 889 g/mol. The summed E-state index contributed by atoms with van der Waals surface area (Å²) in [5, 5.41) is 8.37. The maximum Gasteiger partial charge on any atom is 0.246 e. The fourth-order valence-corrected chi connectivity index (χ4v) is 7.74. The zero-order valence-electron chi connectivity index (χ0n) is 40.5. The van der Waals surface area contributed by atoms with E-state index in [0.717, 1.165) is 50.7 Å². The quantitative estimate of drug-likeness (QED) is 0.0151. The lowest BCUT2D eigenvalue weighted by molar-refractivity contribution is -0.128. The van der Waals surface area contributed by atoms with E-state index < -0.39 is 23.8 Å². The van der Waals surface area contributed by atoms with Crippen LogP contribution in [0.5, 0.6) is 0 Å². The molecule has 366 valence electrons. The fourth-order valence-electron chi connectivity index (χ4n) is 7.74. The summed E-state index contributed by atoms with van der Waals surface area (Å²) in [5.41, 5.74) is 16.1. The molecule has 0 aromatic carbocycles. The number of hydrogen-bond donors (Lipinski definition) is 6. The summed E-state index contributed by atoms with van der Waals surface area (Å²) in [5.74, 6) is -2.00. The molecular formula is C50H96N8O5. The third-order valence-corrected chi connectivity index (χ3v) is 11.7. The van der Waals surface area contributed by atoms with Gasteiger partial charge in [0.1, 0.15) is 6.04 Å². The molecule has 1 atom stereocenters. The second-order valence-corrected chi connectivity index (χ2v) is 17.7. The minimum atomic E-state index is -0.956. The van der Waals surface area contributed by atoms with Gasteiger partial charge < -0.3 is 38.1 Å². The molecule has 0 bridgehead atoms. The normalized spacial score (nSPS) is 11.7. The van der Waals surface area contributed by atoms with Crippen molar-refractivity contribution in [1.29, 1.82) is 0 Å². The molecule has 0 spiro atoms. The number of amides is 5. The molecule has 0 aromatic rings. The van der Waals surface area contributed by atoms with E-state index in [0.29, 0.717) is 19.3 Å². The first-order valence-corrected chi connectivity index (χ1v) is 25.8. The van der Waals surface area contributed by atoms with Crippen LogP contribution in [-0.2, 0) is 24.0 Å². The minimum absolute atomic E-state index is 0.0545. The van der Waals surface area contributed by atoms with Crippen LogP contribution in [0.15, 0.2) is 17.1 Å². The molecule has 0 unspecified atom stereocenters. The highest BCUT2D eigenvalue weighted by Gasteiger charge is 2.18. The van der Waals surface area contributed by atoms with E-state index in [4.69, 9.17) is 17.2 Å². The summed E-state index contributed by atoms with van der Waals surface area (Å²) in [7, 11) is 0. The predicted octanol–water partition coefficient (Wildman–Crippen LogP) is 9.15. The van der Waals surface area contributed by atoms with Crippen molar-refractivity contribution in [3.63, 3.8) is 0 Å². The molecule has 13 nitrogen and oxygen atoms in total. The fraction of sp³-hybridized carbons (Fsp3) is 0.840. The monoisotopic (exact) mass is 889 g/mol. The molecular weight excluding hydrogens is 793 g/mol. The van der Waals surface area contributed by atoms with E-state index in [1.807, 2.05) is 0 Å². The molecule has 9 N–H and O–H groups in total. The van der Waals surface area contributed by atoms with E-state index in [2.05, 4.69) is 34.8 Å². The second-order valence-electron chi connectivity index (χ2n) is 17.7. The van der Waals surface area contributed by atoms with E-state index in [1.54, 1.807) is 0 Å². The van der Waals surface area contributed by atoms with Gasteiger partial charge in [-0.05, 0) is 25.7 Å². The molecule has 5 amide bonds. The highest BCUT2D eigenvalue weighted by atomic mass is 16.2. The van der Waals surface area contributed by atoms with Crippen molar-refractivity contribution in [2.24, 2.45) is 22.2 Å². The molecule has 0 aliphatic carbocycles. The van der Waals surface area contributed by atoms with Crippen molar-refractivity contribution in [2.45, 2.75) is 238 Å². The van der Waals surface area contributed by atoms with Gasteiger partial charge in [0.25, 0.3) is 0 Å². The van der Waals surface area contributed by atoms with Crippen molar-refractivity contribution in [3.8, 4) is 0 Å². The molecule has 0 aliphatic heterocycles. The summed E-state index contributed by atoms with van der Waals surface area (Å²) in [4.78, 5) is 68.4. The van der Waals surface area contributed by atoms with Gasteiger partial charge in [-0.25, -0.2) is 0 Å². The zero-order chi connectivity index (χ0) is 46.4. The van der Waals surface area contributed by atoms with Crippen LogP contribution in [0, 0.1) is 0 Å². The molecule has 13 heteroatoms. The molecule has 0 saturated carbocycles. The van der Waals surface area contributed by atoms with E-state index >= 15 is 0 Å². The smallest absolute Gasteiger partial charge is 0.246 e. The first-order chi connectivity index (χ1) is 30.6. The first kappa shape index (κ1) is 59.4. The maximum atomic E-state index is 13.3. The van der Waals surface area contributed by atoms with Crippen LogP contribution < -0.4 is 33.2 Å². The number of rotatable bonds is 46. The summed E-state index contributed by atoms with van der Waals surface area (Å²) in [6, 6.07) is -0.956. The van der Waals surface area contributed by atoms with Crippen molar-refractivity contribution >= 4 is 35.5 Å². The Labute approximate surface area is 384 Å². The maximum absolute atomic E-state index is 13.3. The van der Waals surface area contributed by atoms with Crippen LogP contribution in [0.1, 0.15) is 232 Å². The molecule has 0 rings (SSSR count). The highest BCUT2D eigenvalue weighted by Crippen LogP contribution is 2.15.